The summed E-state index contributed by atoms with van der Waals surface area (Å²) in [7, 11) is 3.37. The van der Waals surface area contributed by atoms with Gasteiger partial charge in [0.25, 0.3) is 0 Å². The Hall–Kier alpha value is -1.75. The molecule has 5 heteroatoms. The summed E-state index contributed by atoms with van der Waals surface area (Å²) in [5.41, 5.74) is 2.66. The van der Waals surface area contributed by atoms with Crippen LogP contribution in [-0.4, -0.2) is 44.7 Å². The molecular formula is C20H28N2O3. The van der Waals surface area contributed by atoms with Crippen molar-refractivity contribution >= 4 is 5.91 Å². The topological polar surface area (TPSA) is 50.8 Å². The first-order valence-electron chi connectivity index (χ1n) is 9.45. The molecule has 2 saturated carbocycles. The van der Waals surface area contributed by atoms with Gasteiger partial charge in [0.1, 0.15) is 0 Å². The van der Waals surface area contributed by atoms with Gasteiger partial charge in [-0.3, -0.25) is 9.69 Å². The van der Waals surface area contributed by atoms with Crippen molar-refractivity contribution in [2.45, 2.75) is 38.1 Å². The van der Waals surface area contributed by atoms with E-state index in [4.69, 9.17) is 9.47 Å². The SMILES string of the molecule is COc1cc2c(cc1OC)C(C1CC1)N(CC(=O)NCC1CC1)CC2. The van der Waals surface area contributed by atoms with E-state index in [1.807, 2.05) is 0 Å². The summed E-state index contributed by atoms with van der Waals surface area (Å²) in [6, 6.07) is 4.58. The van der Waals surface area contributed by atoms with Gasteiger partial charge in [0, 0.05) is 19.1 Å². The number of fused-ring (bicyclic) bond motifs is 1. The zero-order chi connectivity index (χ0) is 17.4. The van der Waals surface area contributed by atoms with Crippen molar-refractivity contribution in [3.05, 3.63) is 23.3 Å². The van der Waals surface area contributed by atoms with E-state index in [0.29, 0.717) is 18.5 Å². The Morgan fingerprint density at radius 3 is 2.52 bits per heavy atom. The molecule has 0 spiro atoms. The molecule has 1 heterocycles. The summed E-state index contributed by atoms with van der Waals surface area (Å²) in [5.74, 6) is 3.13. The Bertz CT molecular complexity index is 653. The van der Waals surface area contributed by atoms with Crippen molar-refractivity contribution in [2.75, 3.05) is 33.9 Å². The molecule has 2 fully saturated rings. The minimum atomic E-state index is 0.168. The van der Waals surface area contributed by atoms with Gasteiger partial charge in [-0.2, -0.15) is 0 Å². The maximum absolute atomic E-state index is 12.4. The van der Waals surface area contributed by atoms with Gasteiger partial charge in [-0.1, -0.05) is 0 Å². The van der Waals surface area contributed by atoms with Gasteiger partial charge in [0.2, 0.25) is 5.91 Å². The highest BCUT2D eigenvalue weighted by atomic mass is 16.5. The average Bonchev–Trinajstić information content (AvgIpc) is 3.52. The van der Waals surface area contributed by atoms with Crippen molar-refractivity contribution in [1.82, 2.24) is 10.2 Å². The smallest absolute Gasteiger partial charge is 0.234 e. The summed E-state index contributed by atoms with van der Waals surface area (Å²) in [6.07, 6.45) is 5.99. The second kappa shape index (κ2) is 6.87. The van der Waals surface area contributed by atoms with Crippen LogP contribution in [0.1, 0.15) is 42.9 Å². The van der Waals surface area contributed by atoms with Crippen molar-refractivity contribution in [1.29, 1.82) is 0 Å². The van der Waals surface area contributed by atoms with E-state index < -0.39 is 0 Å². The molecule has 1 atom stereocenters. The third kappa shape index (κ3) is 3.61. The van der Waals surface area contributed by atoms with E-state index >= 15 is 0 Å². The molecular weight excluding hydrogens is 316 g/mol. The molecule has 0 radical (unpaired) electrons. The summed E-state index contributed by atoms with van der Waals surface area (Å²) in [4.78, 5) is 14.7. The highest BCUT2D eigenvalue weighted by molar-refractivity contribution is 5.78. The van der Waals surface area contributed by atoms with E-state index in [1.165, 1.54) is 36.8 Å². The molecule has 25 heavy (non-hydrogen) atoms. The second-order valence-electron chi connectivity index (χ2n) is 7.66. The lowest BCUT2D eigenvalue weighted by atomic mass is 9.89. The Kier molecular flexibility index (Phi) is 4.59. The van der Waals surface area contributed by atoms with Gasteiger partial charge in [0.05, 0.1) is 20.8 Å². The summed E-state index contributed by atoms with van der Waals surface area (Å²) < 4.78 is 11.0. The first kappa shape index (κ1) is 16.7. The third-order valence-corrected chi connectivity index (χ3v) is 5.73. The number of methoxy groups -OCH3 is 2. The highest BCUT2D eigenvalue weighted by Gasteiger charge is 2.40. The van der Waals surface area contributed by atoms with E-state index in [0.717, 1.165) is 36.9 Å². The summed E-state index contributed by atoms with van der Waals surface area (Å²) in [6.45, 7) is 2.28. The van der Waals surface area contributed by atoms with Crippen LogP contribution in [0, 0.1) is 11.8 Å². The molecule has 0 saturated heterocycles. The van der Waals surface area contributed by atoms with E-state index in [-0.39, 0.29) is 5.91 Å². The van der Waals surface area contributed by atoms with Crippen molar-refractivity contribution in [2.24, 2.45) is 11.8 Å². The van der Waals surface area contributed by atoms with E-state index in [9.17, 15) is 4.79 Å². The highest BCUT2D eigenvalue weighted by Crippen LogP contribution is 2.49. The van der Waals surface area contributed by atoms with Gasteiger partial charge in [-0.15, -0.1) is 0 Å². The zero-order valence-electron chi connectivity index (χ0n) is 15.2. The quantitative estimate of drug-likeness (QED) is 0.826. The molecule has 1 aromatic carbocycles. The second-order valence-corrected chi connectivity index (χ2v) is 7.66. The van der Waals surface area contributed by atoms with Crippen LogP contribution >= 0.6 is 0 Å². The zero-order valence-corrected chi connectivity index (χ0v) is 15.2. The van der Waals surface area contributed by atoms with Crippen LogP contribution in [0.3, 0.4) is 0 Å². The minimum absolute atomic E-state index is 0.168. The summed E-state index contributed by atoms with van der Waals surface area (Å²) >= 11 is 0. The fourth-order valence-electron chi connectivity index (χ4n) is 3.99. The van der Waals surface area contributed by atoms with Crippen LogP contribution in [0.5, 0.6) is 11.5 Å². The van der Waals surface area contributed by atoms with Crippen LogP contribution in [0.4, 0.5) is 0 Å². The first-order valence-corrected chi connectivity index (χ1v) is 9.45. The van der Waals surface area contributed by atoms with Crippen molar-refractivity contribution in [3.8, 4) is 11.5 Å². The van der Waals surface area contributed by atoms with Crippen LogP contribution in [0.25, 0.3) is 0 Å². The number of benzene rings is 1. The molecule has 1 amide bonds. The van der Waals surface area contributed by atoms with E-state index in [2.05, 4.69) is 22.3 Å². The Balaban J connectivity index is 1.53. The molecule has 1 aromatic rings. The molecule has 0 bridgehead atoms. The molecule has 4 rings (SSSR count). The molecule has 1 aliphatic heterocycles. The lowest BCUT2D eigenvalue weighted by Crippen LogP contribution is -2.43. The molecule has 1 N–H and O–H groups in total. The van der Waals surface area contributed by atoms with Gasteiger partial charge >= 0.3 is 0 Å². The number of hydrogen-bond donors (Lipinski definition) is 1. The lowest BCUT2D eigenvalue weighted by Gasteiger charge is -2.37. The number of amides is 1. The van der Waals surface area contributed by atoms with Gasteiger partial charge in [-0.05, 0) is 67.2 Å². The number of nitrogens with zero attached hydrogens (tertiary/aromatic N) is 1. The maximum Gasteiger partial charge on any atom is 0.234 e. The minimum Gasteiger partial charge on any atom is -0.493 e. The fourth-order valence-corrected chi connectivity index (χ4v) is 3.99. The average molecular weight is 344 g/mol. The lowest BCUT2D eigenvalue weighted by molar-refractivity contribution is -0.123. The van der Waals surface area contributed by atoms with Crippen molar-refractivity contribution in [3.63, 3.8) is 0 Å². The molecule has 136 valence electrons. The number of ether oxygens (including phenoxy) is 2. The van der Waals surface area contributed by atoms with E-state index in [1.54, 1.807) is 14.2 Å². The number of carbonyl (C=O) groups is 1. The molecule has 0 aromatic heterocycles. The molecule has 5 nitrogen and oxygen atoms in total. The number of rotatable bonds is 7. The predicted octanol–water partition coefficient (Wildman–Crippen LogP) is 2.54. The van der Waals surface area contributed by atoms with Gasteiger partial charge in [-0.25, -0.2) is 0 Å². The standard InChI is InChI=1S/C20H28N2O3/c1-24-17-9-15-7-8-22(12-19(23)21-11-13-3-4-13)20(14-5-6-14)16(15)10-18(17)25-2/h9-10,13-14,20H,3-8,11-12H2,1-2H3,(H,21,23). The number of carbonyl (C=O) groups excluding carboxylic acids is 1. The predicted molar refractivity (Wildman–Crippen MR) is 96.0 cm³/mol. The largest absolute Gasteiger partial charge is 0.493 e. The summed E-state index contributed by atoms with van der Waals surface area (Å²) in [5, 5.41) is 3.11. The number of nitrogens with one attached hydrogen (secondary N) is 1. The Labute approximate surface area is 149 Å². The normalized spacial score (nSPS) is 23.0. The van der Waals surface area contributed by atoms with Gasteiger partial charge < -0.3 is 14.8 Å². The molecule has 1 unspecified atom stereocenters. The van der Waals surface area contributed by atoms with Gasteiger partial charge in [0.15, 0.2) is 11.5 Å². The third-order valence-electron chi connectivity index (χ3n) is 5.73. The van der Waals surface area contributed by atoms with Crippen LogP contribution < -0.4 is 14.8 Å². The first-order chi connectivity index (χ1) is 12.2. The Morgan fingerprint density at radius 1 is 1.16 bits per heavy atom. The fraction of sp³-hybridized carbons (Fsp3) is 0.650. The van der Waals surface area contributed by atoms with Crippen LogP contribution in [0.15, 0.2) is 12.1 Å². The maximum atomic E-state index is 12.4. The van der Waals surface area contributed by atoms with Crippen molar-refractivity contribution < 1.29 is 14.3 Å². The van der Waals surface area contributed by atoms with Crippen LogP contribution in [-0.2, 0) is 11.2 Å². The van der Waals surface area contributed by atoms with Crippen LogP contribution in [0.2, 0.25) is 0 Å². The Morgan fingerprint density at radius 2 is 1.88 bits per heavy atom. The molecule has 2 aliphatic carbocycles. The number of hydrogen-bond acceptors (Lipinski definition) is 4. The monoisotopic (exact) mass is 344 g/mol. The molecule has 3 aliphatic rings.